The number of hydrogen-bond donors (Lipinski definition) is 2. The molecular formula is C29H28FNO5. The van der Waals surface area contributed by atoms with E-state index in [1.54, 1.807) is 38.3 Å². The van der Waals surface area contributed by atoms with Crippen molar-refractivity contribution in [2.45, 2.75) is 39.3 Å². The third-order valence-corrected chi connectivity index (χ3v) is 6.45. The van der Waals surface area contributed by atoms with Crippen molar-refractivity contribution in [3.8, 4) is 11.5 Å². The number of hydrogen-bond acceptors (Lipinski definition) is 5. The Kier molecular flexibility index (Phi) is 6.84. The number of phenols is 1. The molecule has 4 rings (SSSR count). The van der Waals surface area contributed by atoms with Gasteiger partial charge in [0.05, 0.1) is 18.7 Å². The zero-order valence-corrected chi connectivity index (χ0v) is 20.6. The number of nitrogens with zero attached hydrogens (tertiary/aromatic N) is 1. The Morgan fingerprint density at radius 2 is 1.78 bits per heavy atom. The first-order valence-corrected chi connectivity index (χ1v) is 11.6. The minimum Gasteiger partial charge on any atom is -0.508 e. The highest BCUT2D eigenvalue weighted by Gasteiger charge is 2.46. The van der Waals surface area contributed by atoms with Crippen LogP contribution in [0.15, 0.2) is 66.2 Å². The first-order chi connectivity index (χ1) is 17.1. The summed E-state index contributed by atoms with van der Waals surface area (Å²) in [4.78, 5) is 27.9. The molecule has 1 saturated heterocycles. The zero-order valence-electron chi connectivity index (χ0n) is 20.6. The van der Waals surface area contributed by atoms with Crippen LogP contribution in [-0.2, 0) is 16.1 Å². The highest BCUT2D eigenvalue weighted by Crippen LogP contribution is 2.42. The Morgan fingerprint density at radius 1 is 1.08 bits per heavy atom. The van der Waals surface area contributed by atoms with Crippen LogP contribution >= 0.6 is 0 Å². The molecule has 6 nitrogen and oxygen atoms in total. The van der Waals surface area contributed by atoms with E-state index in [1.165, 1.54) is 41.3 Å². The first kappa shape index (κ1) is 25.0. The van der Waals surface area contributed by atoms with Crippen LogP contribution in [0, 0.1) is 12.7 Å². The minimum absolute atomic E-state index is 0.0147. The minimum atomic E-state index is -0.953. The van der Waals surface area contributed by atoms with Gasteiger partial charge in [-0.25, -0.2) is 4.39 Å². The molecule has 1 unspecified atom stereocenters. The van der Waals surface area contributed by atoms with Crippen LogP contribution in [0.25, 0.3) is 5.76 Å². The SMILES string of the molecule is COc1cc(C)c(/C(O)=C2\C(=O)C(=O)N(Cc3ccc(F)cc3)C2c2cccc(O)c2)cc1C(C)C. The van der Waals surface area contributed by atoms with Crippen LogP contribution in [0.1, 0.15) is 53.6 Å². The van der Waals surface area contributed by atoms with E-state index in [-0.39, 0.29) is 29.5 Å². The molecule has 1 atom stereocenters. The lowest BCUT2D eigenvalue weighted by molar-refractivity contribution is -0.140. The summed E-state index contributed by atoms with van der Waals surface area (Å²) in [6.07, 6.45) is 0. The Labute approximate surface area is 209 Å². The molecule has 36 heavy (non-hydrogen) atoms. The maximum absolute atomic E-state index is 13.4. The molecule has 3 aromatic carbocycles. The van der Waals surface area contributed by atoms with E-state index >= 15 is 0 Å². The van der Waals surface area contributed by atoms with Crippen molar-refractivity contribution in [1.29, 1.82) is 0 Å². The normalized spacial score (nSPS) is 17.2. The molecule has 1 amide bonds. The highest BCUT2D eigenvalue weighted by atomic mass is 19.1. The number of carbonyl (C=O) groups excluding carboxylic acids is 2. The topological polar surface area (TPSA) is 87.1 Å². The molecule has 1 aliphatic rings. The van der Waals surface area contributed by atoms with Gasteiger partial charge < -0.3 is 19.8 Å². The third-order valence-electron chi connectivity index (χ3n) is 6.45. The molecule has 1 aliphatic heterocycles. The molecular weight excluding hydrogens is 461 g/mol. The molecule has 0 aliphatic carbocycles. The molecule has 1 heterocycles. The summed E-state index contributed by atoms with van der Waals surface area (Å²) in [6, 6.07) is 14.5. The lowest BCUT2D eigenvalue weighted by Crippen LogP contribution is -2.29. The summed E-state index contributed by atoms with van der Waals surface area (Å²) < 4.78 is 18.9. The number of likely N-dealkylation sites (tertiary alicyclic amines) is 1. The number of aromatic hydroxyl groups is 1. The van der Waals surface area contributed by atoms with Gasteiger partial charge in [-0.2, -0.15) is 0 Å². The summed E-state index contributed by atoms with van der Waals surface area (Å²) in [5.74, 6) is -1.63. The van der Waals surface area contributed by atoms with E-state index < -0.39 is 23.5 Å². The van der Waals surface area contributed by atoms with Crippen molar-refractivity contribution in [2.75, 3.05) is 7.11 Å². The van der Waals surface area contributed by atoms with E-state index in [0.717, 1.165) is 5.56 Å². The van der Waals surface area contributed by atoms with Crippen molar-refractivity contribution in [3.63, 3.8) is 0 Å². The fraction of sp³-hybridized carbons (Fsp3) is 0.241. The van der Waals surface area contributed by atoms with Crippen molar-refractivity contribution >= 4 is 17.4 Å². The fourth-order valence-electron chi connectivity index (χ4n) is 4.60. The van der Waals surface area contributed by atoms with Crippen LogP contribution in [-0.4, -0.2) is 33.9 Å². The van der Waals surface area contributed by atoms with Gasteiger partial charge in [-0.1, -0.05) is 38.1 Å². The first-order valence-electron chi connectivity index (χ1n) is 11.6. The summed E-state index contributed by atoms with van der Waals surface area (Å²) in [5.41, 5.74) is 2.95. The Bertz CT molecular complexity index is 1360. The Balaban J connectivity index is 1.91. The molecule has 186 valence electrons. The summed E-state index contributed by atoms with van der Waals surface area (Å²) in [6.45, 7) is 5.79. The molecule has 0 aromatic heterocycles. The van der Waals surface area contributed by atoms with Gasteiger partial charge in [-0.05, 0) is 71.5 Å². The average molecular weight is 490 g/mol. The van der Waals surface area contributed by atoms with Crippen molar-refractivity contribution in [2.24, 2.45) is 0 Å². The smallest absolute Gasteiger partial charge is 0.295 e. The number of ketones is 1. The number of methoxy groups -OCH3 is 1. The number of amides is 1. The predicted octanol–water partition coefficient (Wildman–Crippen LogP) is 5.59. The van der Waals surface area contributed by atoms with Gasteiger partial charge >= 0.3 is 0 Å². The molecule has 2 N–H and O–H groups in total. The number of rotatable bonds is 6. The van der Waals surface area contributed by atoms with Gasteiger partial charge in [-0.3, -0.25) is 9.59 Å². The average Bonchev–Trinajstić information content (AvgIpc) is 3.09. The molecule has 3 aromatic rings. The fourth-order valence-corrected chi connectivity index (χ4v) is 4.60. The van der Waals surface area contributed by atoms with Crippen LogP contribution in [0.5, 0.6) is 11.5 Å². The zero-order chi connectivity index (χ0) is 26.1. The molecule has 0 spiro atoms. The van der Waals surface area contributed by atoms with Crippen molar-refractivity contribution in [3.05, 3.63) is 99.9 Å². The molecule has 0 saturated carbocycles. The van der Waals surface area contributed by atoms with Gasteiger partial charge in [0, 0.05) is 12.1 Å². The number of phenolic OH excluding ortho intramolecular Hbond substituents is 1. The standard InChI is InChI=1S/C29H28FNO5/c1-16(2)22-14-23(17(3)12-24(22)36-4)27(33)25-26(19-6-5-7-21(32)13-19)31(29(35)28(25)34)15-18-8-10-20(30)11-9-18/h5-14,16,26,32-33H,15H2,1-4H3/b27-25+. The third kappa shape index (κ3) is 4.56. The van der Waals surface area contributed by atoms with Crippen LogP contribution < -0.4 is 4.74 Å². The number of carbonyl (C=O) groups is 2. The second-order valence-corrected chi connectivity index (χ2v) is 9.21. The van der Waals surface area contributed by atoms with Crippen LogP contribution in [0.3, 0.4) is 0 Å². The van der Waals surface area contributed by atoms with Gasteiger partial charge in [-0.15, -0.1) is 0 Å². The predicted molar refractivity (Wildman–Crippen MR) is 134 cm³/mol. The van der Waals surface area contributed by atoms with Gasteiger partial charge in [0.2, 0.25) is 0 Å². The second-order valence-electron chi connectivity index (χ2n) is 9.21. The Hall–Kier alpha value is -4.13. The van der Waals surface area contributed by atoms with Gasteiger partial charge in [0.1, 0.15) is 23.1 Å². The van der Waals surface area contributed by atoms with Crippen molar-refractivity contribution < 1.29 is 28.9 Å². The largest absolute Gasteiger partial charge is 0.508 e. The summed E-state index contributed by atoms with van der Waals surface area (Å²) in [7, 11) is 1.57. The number of ether oxygens (including phenoxy) is 1. The van der Waals surface area contributed by atoms with Gasteiger partial charge in [0.25, 0.3) is 11.7 Å². The lowest BCUT2D eigenvalue weighted by Gasteiger charge is -2.26. The van der Waals surface area contributed by atoms with E-state index in [1.807, 2.05) is 13.8 Å². The van der Waals surface area contributed by atoms with E-state index in [0.29, 0.717) is 28.0 Å². The molecule has 0 radical (unpaired) electrons. The highest BCUT2D eigenvalue weighted by molar-refractivity contribution is 6.46. The van der Waals surface area contributed by atoms with E-state index in [9.17, 15) is 24.2 Å². The second kappa shape index (κ2) is 9.85. The molecule has 0 bridgehead atoms. The monoisotopic (exact) mass is 489 g/mol. The van der Waals surface area contributed by atoms with Gasteiger partial charge in [0.15, 0.2) is 0 Å². The number of Topliss-reactive ketones (excluding diaryl/α,β-unsaturated/α-hetero) is 1. The summed E-state index contributed by atoms with van der Waals surface area (Å²) >= 11 is 0. The van der Waals surface area contributed by atoms with Crippen LogP contribution in [0.2, 0.25) is 0 Å². The number of halogens is 1. The maximum atomic E-state index is 13.4. The Morgan fingerprint density at radius 3 is 2.39 bits per heavy atom. The lowest BCUT2D eigenvalue weighted by atomic mass is 9.91. The number of aliphatic hydroxyl groups is 1. The maximum Gasteiger partial charge on any atom is 0.295 e. The molecule has 7 heteroatoms. The number of benzene rings is 3. The van der Waals surface area contributed by atoms with E-state index in [2.05, 4.69) is 0 Å². The van der Waals surface area contributed by atoms with Crippen LogP contribution in [0.4, 0.5) is 4.39 Å². The van der Waals surface area contributed by atoms with E-state index in [4.69, 9.17) is 4.74 Å². The summed E-state index contributed by atoms with van der Waals surface area (Å²) in [5, 5.41) is 21.6. The molecule has 1 fully saturated rings. The van der Waals surface area contributed by atoms with Crippen molar-refractivity contribution in [1.82, 2.24) is 4.90 Å². The quantitative estimate of drug-likeness (QED) is 0.268. The number of aliphatic hydroxyl groups excluding tert-OH is 1. The number of aryl methyl sites for hydroxylation is 1.